The Morgan fingerprint density at radius 2 is 2.28 bits per heavy atom. The zero-order valence-corrected chi connectivity index (χ0v) is 12.0. The predicted molar refractivity (Wildman–Crippen MR) is 74.5 cm³/mol. The second-order valence-electron chi connectivity index (χ2n) is 3.62. The van der Waals surface area contributed by atoms with Crippen LogP contribution >= 0.6 is 27.3 Å². The Kier molecular flexibility index (Phi) is 4.27. The summed E-state index contributed by atoms with van der Waals surface area (Å²) in [5.74, 6) is 0. The second-order valence-corrected chi connectivity index (χ2v) is 5.31. The highest BCUT2D eigenvalue weighted by Crippen LogP contribution is 2.17. The molecule has 2 amide bonds. The molecule has 0 saturated carbocycles. The van der Waals surface area contributed by atoms with E-state index < -0.39 is 0 Å². The summed E-state index contributed by atoms with van der Waals surface area (Å²) in [5, 5.41) is 10.6. The van der Waals surface area contributed by atoms with Gasteiger partial charge in [0.05, 0.1) is 0 Å². The molecule has 5 nitrogen and oxygen atoms in total. The van der Waals surface area contributed by atoms with E-state index in [-0.39, 0.29) is 6.03 Å². The van der Waals surface area contributed by atoms with Crippen LogP contribution in [0.25, 0.3) is 0 Å². The number of nitrogens with zero attached hydrogens (tertiary/aromatic N) is 3. The number of nitrogens with one attached hydrogen (secondary N) is 1. The molecule has 0 fully saturated rings. The van der Waals surface area contributed by atoms with Crippen LogP contribution in [-0.4, -0.2) is 28.2 Å². The molecule has 2 rings (SSSR count). The molecule has 1 N–H and O–H groups in total. The lowest BCUT2D eigenvalue weighted by atomic mass is 10.2. The molecule has 7 heteroatoms. The van der Waals surface area contributed by atoms with Crippen LogP contribution in [0, 0.1) is 0 Å². The second kappa shape index (κ2) is 5.92. The Bertz CT molecular complexity index is 532. The van der Waals surface area contributed by atoms with E-state index >= 15 is 0 Å². The average molecular weight is 327 g/mol. The third kappa shape index (κ3) is 3.27. The van der Waals surface area contributed by atoms with E-state index in [0.29, 0.717) is 11.7 Å². The fraction of sp³-hybridized carbons (Fsp3) is 0.182. The number of urea groups is 1. The zero-order valence-electron chi connectivity index (χ0n) is 9.63. The molecular formula is C11H11BrN4OS. The molecule has 1 aromatic heterocycles. The highest BCUT2D eigenvalue weighted by molar-refractivity contribution is 9.10. The third-order valence-electron chi connectivity index (χ3n) is 2.29. The van der Waals surface area contributed by atoms with Gasteiger partial charge in [-0.3, -0.25) is 5.32 Å². The van der Waals surface area contributed by atoms with Gasteiger partial charge < -0.3 is 4.90 Å². The summed E-state index contributed by atoms with van der Waals surface area (Å²) >= 11 is 4.74. The number of amides is 2. The molecule has 94 valence electrons. The van der Waals surface area contributed by atoms with E-state index in [1.54, 1.807) is 17.5 Å². The van der Waals surface area contributed by atoms with Crippen molar-refractivity contribution in [2.24, 2.45) is 0 Å². The maximum Gasteiger partial charge on any atom is 0.323 e. The maximum atomic E-state index is 11.9. The highest BCUT2D eigenvalue weighted by Gasteiger charge is 2.11. The predicted octanol–water partition coefficient (Wildman–Crippen LogP) is 2.96. The van der Waals surface area contributed by atoms with E-state index in [1.807, 2.05) is 24.3 Å². The topological polar surface area (TPSA) is 58.1 Å². The summed E-state index contributed by atoms with van der Waals surface area (Å²) in [6, 6.07) is 7.60. The van der Waals surface area contributed by atoms with E-state index in [9.17, 15) is 4.79 Å². The van der Waals surface area contributed by atoms with Crippen LogP contribution in [-0.2, 0) is 6.54 Å². The molecule has 0 radical (unpaired) electrons. The largest absolute Gasteiger partial charge is 0.323 e. The normalized spacial score (nSPS) is 10.1. The molecule has 0 bridgehead atoms. The number of carbonyl (C=O) groups is 1. The van der Waals surface area contributed by atoms with Gasteiger partial charge in [0.15, 0.2) is 0 Å². The van der Waals surface area contributed by atoms with Gasteiger partial charge in [0.25, 0.3) is 0 Å². The minimum Gasteiger partial charge on any atom is -0.323 e. The number of halogens is 1. The molecule has 0 aliphatic carbocycles. The van der Waals surface area contributed by atoms with E-state index in [4.69, 9.17) is 0 Å². The van der Waals surface area contributed by atoms with E-state index in [2.05, 4.69) is 31.4 Å². The van der Waals surface area contributed by atoms with E-state index in [1.165, 1.54) is 11.3 Å². The Labute approximate surface area is 117 Å². The summed E-state index contributed by atoms with van der Waals surface area (Å²) in [7, 11) is 1.73. The number of hydrogen-bond donors (Lipinski definition) is 1. The first-order valence-corrected chi connectivity index (χ1v) is 6.86. The summed E-state index contributed by atoms with van der Waals surface area (Å²) in [5.41, 5.74) is 2.62. The van der Waals surface area contributed by atoms with Gasteiger partial charge in [-0.2, -0.15) is 0 Å². The van der Waals surface area contributed by atoms with Gasteiger partial charge in [0.2, 0.25) is 5.13 Å². The molecule has 0 aliphatic rings. The van der Waals surface area contributed by atoms with Gasteiger partial charge >= 0.3 is 6.03 Å². The van der Waals surface area contributed by atoms with Crippen molar-refractivity contribution in [3.8, 4) is 0 Å². The summed E-state index contributed by atoms with van der Waals surface area (Å²) in [6.07, 6.45) is 0. The summed E-state index contributed by atoms with van der Waals surface area (Å²) in [4.78, 5) is 13.4. The van der Waals surface area contributed by atoms with Crippen molar-refractivity contribution in [2.75, 3.05) is 12.4 Å². The van der Waals surface area contributed by atoms with Gasteiger partial charge in [0.1, 0.15) is 5.51 Å². The number of aromatic nitrogens is 2. The van der Waals surface area contributed by atoms with Crippen LogP contribution in [0.1, 0.15) is 5.56 Å². The smallest absolute Gasteiger partial charge is 0.323 e. The molecule has 1 heterocycles. The molecule has 0 atom stereocenters. The zero-order chi connectivity index (χ0) is 13.0. The molecular weight excluding hydrogens is 316 g/mol. The molecule has 0 spiro atoms. The quantitative estimate of drug-likeness (QED) is 0.943. The summed E-state index contributed by atoms with van der Waals surface area (Å²) < 4.78 is 0.987. The molecule has 0 unspecified atom stereocenters. The lowest BCUT2D eigenvalue weighted by Gasteiger charge is -2.17. The van der Waals surface area contributed by atoms with Crippen LogP contribution in [0.2, 0.25) is 0 Å². The lowest BCUT2D eigenvalue weighted by molar-refractivity contribution is 0.220. The van der Waals surface area contributed by atoms with Crippen molar-refractivity contribution in [1.82, 2.24) is 15.1 Å². The van der Waals surface area contributed by atoms with Crippen molar-refractivity contribution in [1.29, 1.82) is 0 Å². The first-order chi connectivity index (χ1) is 8.66. The number of anilines is 1. The fourth-order valence-electron chi connectivity index (χ4n) is 1.37. The van der Waals surface area contributed by atoms with Gasteiger partial charge in [-0.1, -0.05) is 45.5 Å². The third-order valence-corrected chi connectivity index (χ3v) is 3.67. The Morgan fingerprint density at radius 1 is 1.50 bits per heavy atom. The average Bonchev–Trinajstić information content (AvgIpc) is 2.84. The minimum atomic E-state index is -0.206. The molecule has 0 aliphatic heterocycles. The van der Waals surface area contributed by atoms with Crippen molar-refractivity contribution in [3.63, 3.8) is 0 Å². The highest BCUT2D eigenvalue weighted by atomic mass is 79.9. The van der Waals surface area contributed by atoms with E-state index in [0.717, 1.165) is 10.0 Å². The molecule has 18 heavy (non-hydrogen) atoms. The van der Waals surface area contributed by atoms with Crippen LogP contribution < -0.4 is 5.32 Å². The van der Waals surface area contributed by atoms with Gasteiger partial charge in [-0.15, -0.1) is 10.2 Å². The standard InChI is InChI=1S/C11H11BrN4OS/c1-16(6-8-4-2-3-5-9(8)12)11(17)14-10-15-13-7-18-10/h2-5,7H,6H2,1H3,(H,14,15,17). The number of rotatable bonds is 3. The number of benzene rings is 1. The van der Waals surface area contributed by atoms with Crippen LogP contribution in [0.5, 0.6) is 0 Å². The van der Waals surface area contributed by atoms with Gasteiger partial charge in [-0.25, -0.2) is 4.79 Å². The van der Waals surface area contributed by atoms with Crippen molar-refractivity contribution < 1.29 is 4.79 Å². The Balaban J connectivity index is 1.97. The van der Waals surface area contributed by atoms with Crippen molar-refractivity contribution >= 4 is 38.4 Å². The molecule has 0 saturated heterocycles. The lowest BCUT2D eigenvalue weighted by Crippen LogP contribution is -2.30. The van der Waals surface area contributed by atoms with Crippen LogP contribution in [0.4, 0.5) is 9.93 Å². The van der Waals surface area contributed by atoms with Gasteiger partial charge in [0, 0.05) is 18.1 Å². The maximum absolute atomic E-state index is 11.9. The van der Waals surface area contributed by atoms with Crippen LogP contribution in [0.3, 0.4) is 0 Å². The first kappa shape index (κ1) is 13.0. The van der Waals surface area contributed by atoms with Gasteiger partial charge in [-0.05, 0) is 11.6 Å². The molecule has 1 aromatic carbocycles. The Morgan fingerprint density at radius 3 is 2.94 bits per heavy atom. The molecule has 2 aromatic rings. The first-order valence-electron chi connectivity index (χ1n) is 5.18. The monoisotopic (exact) mass is 326 g/mol. The summed E-state index contributed by atoms with van der Waals surface area (Å²) in [6.45, 7) is 0.520. The van der Waals surface area contributed by atoms with Crippen molar-refractivity contribution in [2.45, 2.75) is 6.54 Å². The fourth-order valence-corrected chi connectivity index (χ4v) is 2.21. The minimum absolute atomic E-state index is 0.206. The number of hydrogen-bond acceptors (Lipinski definition) is 4. The van der Waals surface area contributed by atoms with Crippen molar-refractivity contribution in [3.05, 3.63) is 39.8 Å². The SMILES string of the molecule is CN(Cc1ccccc1Br)C(=O)Nc1nncs1. The number of carbonyl (C=O) groups excluding carboxylic acids is 1. The van der Waals surface area contributed by atoms with Crippen LogP contribution in [0.15, 0.2) is 34.2 Å². The Hall–Kier alpha value is -1.47.